The van der Waals surface area contributed by atoms with Gasteiger partial charge in [-0.3, -0.25) is 0 Å². The van der Waals surface area contributed by atoms with Crippen molar-refractivity contribution in [3.05, 3.63) is 0 Å². The van der Waals surface area contributed by atoms with Crippen LogP contribution in [0.3, 0.4) is 0 Å². The summed E-state index contributed by atoms with van der Waals surface area (Å²) < 4.78 is 0. The number of rotatable bonds is 0. The molecule has 0 bridgehead atoms. The van der Waals surface area contributed by atoms with Gasteiger partial charge in [-0.25, -0.2) is 0 Å². The van der Waals surface area contributed by atoms with Crippen molar-refractivity contribution in [1.29, 1.82) is 0 Å². The Morgan fingerprint density at radius 1 is 1.00 bits per heavy atom. The van der Waals surface area contributed by atoms with E-state index in [0.29, 0.717) is 0 Å². The summed E-state index contributed by atoms with van der Waals surface area (Å²) in [5.41, 5.74) is 0. The van der Waals surface area contributed by atoms with Crippen LogP contribution in [0.15, 0.2) is 0 Å². The monoisotopic (exact) mass is 285 g/mol. The summed E-state index contributed by atoms with van der Waals surface area (Å²) in [6, 6.07) is 0. The van der Waals surface area contributed by atoms with Crippen molar-refractivity contribution in [2.24, 2.45) is 0 Å². The molecular formula is H4FeLaNiSi. The van der Waals surface area contributed by atoms with E-state index in [1.165, 1.54) is 0 Å². The molecule has 4 heteroatoms. The molecule has 0 N–H and O–H groups in total. The van der Waals surface area contributed by atoms with Crippen LogP contribution < -0.4 is 0 Å². The van der Waals surface area contributed by atoms with Crippen LogP contribution in [0.2, 0.25) is 0 Å². The van der Waals surface area contributed by atoms with Gasteiger partial charge in [-0.15, -0.1) is 0 Å². The molecule has 0 aromatic heterocycles. The Kier molecular flexibility index (Phi) is 145. The fraction of sp³-hybridized carbons (Fsp3) is 0. The molecule has 0 fully saturated rings. The fourth-order valence-electron chi connectivity index (χ4n) is 0. The van der Waals surface area contributed by atoms with Gasteiger partial charge in [-0.2, -0.15) is 0 Å². The van der Waals surface area contributed by atoms with Crippen molar-refractivity contribution in [3.63, 3.8) is 0 Å². The van der Waals surface area contributed by atoms with Crippen LogP contribution in [0, 0.1) is 35.6 Å². The molecule has 0 saturated heterocycles. The van der Waals surface area contributed by atoms with Gasteiger partial charge in [0.05, 0.1) is 0 Å². The molecule has 4 heavy (non-hydrogen) atoms. The molecule has 29 valence electrons. The third kappa shape index (κ3) is 8.83. The maximum Gasteiger partial charge on any atom is 0 e. The van der Waals surface area contributed by atoms with Gasteiger partial charge in [-0.1, -0.05) is 0 Å². The standard InChI is InChI=1S/Fe.La.Ni.H4Si/h;;;1H4. The van der Waals surface area contributed by atoms with Gasteiger partial charge in [0.15, 0.2) is 0 Å². The van der Waals surface area contributed by atoms with Crippen molar-refractivity contribution in [1.82, 2.24) is 0 Å². The second kappa shape index (κ2) is 18.1. The molecule has 0 aliphatic rings. The summed E-state index contributed by atoms with van der Waals surface area (Å²) in [6.45, 7) is 0. The zero-order chi connectivity index (χ0) is 0. The van der Waals surface area contributed by atoms with Gasteiger partial charge in [-0.05, 0) is 11.0 Å². The van der Waals surface area contributed by atoms with E-state index in [1.54, 1.807) is 0 Å². The molecule has 0 aliphatic carbocycles. The maximum atomic E-state index is 0. The van der Waals surface area contributed by atoms with Crippen LogP contribution in [0.5, 0.6) is 0 Å². The normalized spacial score (nSPS) is 0. The minimum Gasteiger partial charge on any atom is -0.0149 e. The molecule has 0 nitrogen and oxygen atoms in total. The fourth-order valence-corrected chi connectivity index (χ4v) is 0. The Bertz CT molecular complexity index is 8.00. The Hall–Kier alpha value is 2.42. The van der Waals surface area contributed by atoms with Crippen LogP contribution in [0.1, 0.15) is 0 Å². The summed E-state index contributed by atoms with van der Waals surface area (Å²) in [7, 11) is 0. The number of hydrogen-bond acceptors (Lipinski definition) is 0. The first-order valence-corrected chi connectivity index (χ1v) is 0. The Labute approximate surface area is 78.9 Å². The van der Waals surface area contributed by atoms with Crippen LogP contribution in [-0.2, 0) is 33.6 Å². The molecule has 0 atom stereocenters. The minimum absolute atomic E-state index is 0. The van der Waals surface area contributed by atoms with Crippen molar-refractivity contribution in [3.8, 4) is 0 Å². The SMILES string of the molecule is [Fe].[La].[Ni].[SiH4]. The summed E-state index contributed by atoms with van der Waals surface area (Å²) in [5.74, 6) is 0. The Morgan fingerprint density at radius 3 is 1.00 bits per heavy atom. The van der Waals surface area contributed by atoms with Gasteiger partial charge in [0, 0.05) is 69.2 Å². The summed E-state index contributed by atoms with van der Waals surface area (Å²) in [6.07, 6.45) is 0. The van der Waals surface area contributed by atoms with Crippen molar-refractivity contribution in [2.75, 3.05) is 0 Å². The van der Waals surface area contributed by atoms with E-state index in [9.17, 15) is 0 Å². The first kappa shape index (κ1) is 32.2. The van der Waals surface area contributed by atoms with Gasteiger partial charge in [0.25, 0.3) is 0 Å². The van der Waals surface area contributed by atoms with E-state index < -0.39 is 0 Å². The first-order valence-electron chi connectivity index (χ1n) is 0. The molecule has 0 unspecified atom stereocenters. The van der Waals surface area contributed by atoms with E-state index in [-0.39, 0.29) is 80.1 Å². The molecule has 0 amide bonds. The minimum atomic E-state index is 0. The van der Waals surface area contributed by atoms with Crippen molar-refractivity contribution >= 4 is 11.0 Å². The molecule has 0 rings (SSSR count). The summed E-state index contributed by atoms with van der Waals surface area (Å²) in [4.78, 5) is 0. The molecular weight excluding hydrogens is 282 g/mol. The topological polar surface area (TPSA) is 0 Å². The quantitative estimate of drug-likeness (QED) is 0.478. The zero-order valence-corrected chi connectivity index (χ0v) is 6.96. The van der Waals surface area contributed by atoms with E-state index in [1.807, 2.05) is 0 Å². The molecule has 0 heterocycles. The predicted octanol–water partition coefficient (Wildman–Crippen LogP) is -1.46. The summed E-state index contributed by atoms with van der Waals surface area (Å²) in [5, 5.41) is 0. The van der Waals surface area contributed by atoms with Crippen LogP contribution in [0.4, 0.5) is 0 Å². The van der Waals surface area contributed by atoms with Gasteiger partial charge >= 0.3 is 0 Å². The first-order chi connectivity index (χ1) is 0. The van der Waals surface area contributed by atoms with Gasteiger partial charge < -0.3 is 0 Å². The van der Waals surface area contributed by atoms with Crippen LogP contribution in [-0.4, -0.2) is 11.0 Å². The molecule has 0 spiro atoms. The second-order valence-electron chi connectivity index (χ2n) is 0. The van der Waals surface area contributed by atoms with Crippen molar-refractivity contribution in [2.45, 2.75) is 0 Å². The molecule has 0 saturated carbocycles. The second-order valence-corrected chi connectivity index (χ2v) is 0. The Balaban J connectivity index is 0. The number of hydrogen-bond donors (Lipinski definition) is 0. The van der Waals surface area contributed by atoms with E-state index in [4.69, 9.17) is 0 Å². The smallest absolute Gasteiger partial charge is 0 e. The Morgan fingerprint density at radius 2 is 1.00 bits per heavy atom. The molecule has 0 aliphatic heterocycles. The van der Waals surface area contributed by atoms with Crippen LogP contribution in [0.25, 0.3) is 0 Å². The maximum absolute atomic E-state index is 0. The third-order valence-corrected chi connectivity index (χ3v) is 0. The largest absolute Gasteiger partial charge is 0.0149 e. The van der Waals surface area contributed by atoms with Crippen LogP contribution >= 0.6 is 0 Å². The van der Waals surface area contributed by atoms with Gasteiger partial charge in [0.1, 0.15) is 0 Å². The molecule has 1 radical (unpaired) electrons. The average molecular weight is 286 g/mol. The zero-order valence-electron chi connectivity index (χ0n) is 1.25. The van der Waals surface area contributed by atoms with E-state index >= 15 is 0 Å². The van der Waals surface area contributed by atoms with Gasteiger partial charge in [0.2, 0.25) is 0 Å². The summed E-state index contributed by atoms with van der Waals surface area (Å²) >= 11 is 0. The molecule has 0 aromatic carbocycles. The average Bonchev–Trinajstić information content (AvgIpc) is 0. The van der Waals surface area contributed by atoms with E-state index in [2.05, 4.69) is 0 Å². The van der Waals surface area contributed by atoms with E-state index in [0.717, 1.165) is 0 Å². The third-order valence-electron chi connectivity index (χ3n) is 0. The molecule has 0 aromatic rings. The van der Waals surface area contributed by atoms with Crippen molar-refractivity contribution < 1.29 is 69.2 Å². The predicted molar refractivity (Wildman–Crippen MR) is 11.3 cm³/mol.